The number of amides is 2. The van der Waals surface area contributed by atoms with E-state index < -0.39 is 0 Å². The summed E-state index contributed by atoms with van der Waals surface area (Å²) in [5, 5.41) is 6.08. The van der Waals surface area contributed by atoms with Gasteiger partial charge in [0, 0.05) is 33.5 Å². The second-order valence-corrected chi connectivity index (χ2v) is 8.54. The average Bonchev–Trinajstić information content (AvgIpc) is 2.49. The fraction of sp³-hybridized carbons (Fsp3) is 0.529. The summed E-state index contributed by atoms with van der Waals surface area (Å²) in [5.41, 5.74) is 1.17. The van der Waals surface area contributed by atoms with Gasteiger partial charge >= 0.3 is 0 Å². The van der Waals surface area contributed by atoms with Crippen LogP contribution in [0.5, 0.6) is 0 Å². The minimum absolute atomic E-state index is 0.00127. The Bertz CT molecular complexity index is 637. The number of fused-ring (bicyclic) bond motifs is 1. The van der Waals surface area contributed by atoms with Crippen molar-refractivity contribution in [2.45, 2.75) is 43.7 Å². The first kappa shape index (κ1) is 16.8. The summed E-state index contributed by atoms with van der Waals surface area (Å²) < 4.78 is 1.02. The molecule has 2 aliphatic rings. The lowest BCUT2D eigenvalue weighted by molar-refractivity contribution is -0.134. The molecule has 0 spiro atoms. The van der Waals surface area contributed by atoms with Gasteiger partial charge in [-0.2, -0.15) is 0 Å². The van der Waals surface area contributed by atoms with Gasteiger partial charge in [0.2, 0.25) is 11.8 Å². The van der Waals surface area contributed by atoms with Gasteiger partial charge in [-0.15, -0.1) is 11.8 Å². The maximum Gasteiger partial charge on any atom is 0.224 e. The molecule has 0 radical (unpaired) electrons. The van der Waals surface area contributed by atoms with Crippen molar-refractivity contribution >= 4 is 39.5 Å². The minimum atomic E-state index is -0.226. The highest BCUT2D eigenvalue weighted by atomic mass is 79.9. The third-order valence-corrected chi connectivity index (χ3v) is 6.39. The van der Waals surface area contributed by atoms with Gasteiger partial charge in [-0.25, -0.2) is 0 Å². The third-order valence-electron chi connectivity index (χ3n) is 4.52. The predicted octanol–water partition coefficient (Wildman–Crippen LogP) is 3.26. The van der Waals surface area contributed by atoms with Crippen molar-refractivity contribution < 1.29 is 9.59 Å². The number of hydrogen-bond acceptors (Lipinski definition) is 3. The number of benzene rings is 1. The van der Waals surface area contributed by atoms with Crippen LogP contribution in [0, 0.1) is 11.8 Å². The molecule has 2 amide bonds. The maximum atomic E-state index is 12.7. The normalized spacial score (nSPS) is 30.3. The Morgan fingerprint density at radius 3 is 2.91 bits per heavy atom. The zero-order chi connectivity index (χ0) is 16.6. The molecule has 2 heterocycles. The topological polar surface area (TPSA) is 58.2 Å². The molecule has 1 aromatic carbocycles. The fourth-order valence-electron chi connectivity index (χ4n) is 3.34. The zero-order valence-electron chi connectivity index (χ0n) is 13.3. The van der Waals surface area contributed by atoms with Gasteiger partial charge in [0.05, 0.1) is 6.04 Å². The molecule has 2 N–H and O–H groups in total. The fourth-order valence-corrected chi connectivity index (χ4v) is 4.87. The highest BCUT2D eigenvalue weighted by molar-refractivity contribution is 9.10. The molecule has 1 fully saturated rings. The Labute approximate surface area is 149 Å². The van der Waals surface area contributed by atoms with E-state index in [0.717, 1.165) is 10.2 Å². The largest absolute Gasteiger partial charge is 0.354 e. The number of piperidine rings is 1. The monoisotopic (exact) mass is 396 g/mol. The van der Waals surface area contributed by atoms with Gasteiger partial charge in [-0.3, -0.25) is 9.59 Å². The molecule has 4 unspecified atom stereocenters. The molecule has 0 bridgehead atoms. The van der Waals surface area contributed by atoms with Gasteiger partial charge in [0.25, 0.3) is 0 Å². The van der Waals surface area contributed by atoms with E-state index in [4.69, 9.17) is 0 Å². The molecular weight excluding hydrogens is 376 g/mol. The van der Waals surface area contributed by atoms with Crippen molar-refractivity contribution in [3.63, 3.8) is 0 Å². The van der Waals surface area contributed by atoms with Gasteiger partial charge < -0.3 is 10.6 Å². The maximum absolute atomic E-state index is 12.7. The number of thioether (sulfide) groups is 1. The first-order valence-corrected chi connectivity index (χ1v) is 9.74. The molecule has 4 atom stereocenters. The number of hydrogen-bond donors (Lipinski definition) is 2. The van der Waals surface area contributed by atoms with E-state index in [9.17, 15) is 9.59 Å². The quantitative estimate of drug-likeness (QED) is 0.806. The lowest BCUT2D eigenvalue weighted by atomic mass is 9.90. The SMILES string of the molecule is CC1CC(C(=O)NC2c3cc(Br)ccc3SCC2C)CC(=O)N1. The smallest absolute Gasteiger partial charge is 0.224 e. The number of nitrogens with one attached hydrogen (secondary N) is 2. The van der Waals surface area contributed by atoms with Crippen molar-refractivity contribution in [1.82, 2.24) is 10.6 Å². The van der Waals surface area contributed by atoms with Crippen LogP contribution >= 0.6 is 27.7 Å². The Balaban J connectivity index is 1.78. The van der Waals surface area contributed by atoms with E-state index in [2.05, 4.69) is 45.6 Å². The van der Waals surface area contributed by atoms with Crippen molar-refractivity contribution in [3.8, 4) is 0 Å². The Morgan fingerprint density at radius 1 is 1.39 bits per heavy atom. The van der Waals surface area contributed by atoms with Crippen LogP contribution in [0.1, 0.15) is 38.3 Å². The van der Waals surface area contributed by atoms with E-state index in [1.54, 1.807) is 0 Å². The van der Waals surface area contributed by atoms with Gasteiger partial charge in [0.15, 0.2) is 0 Å². The lowest BCUT2D eigenvalue weighted by Crippen LogP contribution is -2.47. The van der Waals surface area contributed by atoms with Crippen LogP contribution in [0.15, 0.2) is 27.6 Å². The summed E-state index contributed by atoms with van der Waals surface area (Å²) in [6.45, 7) is 4.11. The van der Waals surface area contributed by atoms with Crippen molar-refractivity contribution in [2.75, 3.05) is 5.75 Å². The molecule has 23 heavy (non-hydrogen) atoms. The number of halogens is 1. The van der Waals surface area contributed by atoms with Gasteiger partial charge in [0.1, 0.15) is 0 Å². The molecule has 2 aliphatic heterocycles. The highest BCUT2D eigenvalue weighted by Gasteiger charge is 2.34. The van der Waals surface area contributed by atoms with Gasteiger partial charge in [-0.05, 0) is 43.0 Å². The van der Waals surface area contributed by atoms with E-state index >= 15 is 0 Å². The first-order valence-electron chi connectivity index (χ1n) is 7.96. The molecular formula is C17H21BrN2O2S. The van der Waals surface area contributed by atoms with Crippen LogP contribution in [0.4, 0.5) is 0 Å². The van der Waals surface area contributed by atoms with Crippen LogP contribution in [0.2, 0.25) is 0 Å². The Hall–Kier alpha value is -1.01. The molecule has 1 saturated heterocycles. The zero-order valence-corrected chi connectivity index (χ0v) is 15.7. The second-order valence-electron chi connectivity index (χ2n) is 6.56. The molecule has 6 heteroatoms. The summed E-state index contributed by atoms with van der Waals surface area (Å²) in [6.07, 6.45) is 0.996. The molecule has 0 aromatic heterocycles. The van der Waals surface area contributed by atoms with Crippen molar-refractivity contribution in [3.05, 3.63) is 28.2 Å². The highest BCUT2D eigenvalue weighted by Crippen LogP contribution is 2.41. The van der Waals surface area contributed by atoms with Crippen molar-refractivity contribution in [2.24, 2.45) is 11.8 Å². The summed E-state index contributed by atoms with van der Waals surface area (Å²) in [4.78, 5) is 25.6. The first-order chi connectivity index (χ1) is 10.9. The van der Waals surface area contributed by atoms with Crippen LogP contribution < -0.4 is 10.6 Å². The molecule has 124 valence electrons. The lowest BCUT2D eigenvalue weighted by Gasteiger charge is -2.34. The molecule has 4 nitrogen and oxygen atoms in total. The summed E-state index contributed by atoms with van der Waals surface area (Å²) in [7, 11) is 0. The van der Waals surface area contributed by atoms with E-state index in [1.165, 1.54) is 10.5 Å². The predicted molar refractivity (Wildman–Crippen MR) is 95.2 cm³/mol. The molecule has 0 aliphatic carbocycles. The Morgan fingerprint density at radius 2 is 2.17 bits per heavy atom. The minimum Gasteiger partial charge on any atom is -0.354 e. The van der Waals surface area contributed by atoms with E-state index in [-0.39, 0.29) is 36.2 Å². The van der Waals surface area contributed by atoms with Crippen LogP contribution in [0.3, 0.4) is 0 Å². The molecule has 1 aromatic rings. The van der Waals surface area contributed by atoms with Gasteiger partial charge in [-0.1, -0.05) is 22.9 Å². The number of rotatable bonds is 2. The van der Waals surface area contributed by atoms with Crippen LogP contribution in [0.25, 0.3) is 0 Å². The van der Waals surface area contributed by atoms with Crippen LogP contribution in [-0.2, 0) is 9.59 Å². The van der Waals surface area contributed by atoms with E-state index in [0.29, 0.717) is 12.3 Å². The number of carbonyl (C=O) groups is 2. The average molecular weight is 397 g/mol. The number of carbonyl (C=O) groups excluding carboxylic acids is 2. The van der Waals surface area contributed by atoms with Crippen molar-refractivity contribution in [1.29, 1.82) is 0 Å². The van der Waals surface area contributed by atoms with Crippen LogP contribution in [-0.4, -0.2) is 23.6 Å². The summed E-state index contributed by atoms with van der Waals surface area (Å²) >= 11 is 5.36. The Kier molecular flexibility index (Phi) is 5.01. The standard InChI is InChI=1S/C17H21BrN2O2S/c1-9-8-23-14-4-3-12(18)7-13(14)16(9)20-17(22)11-5-10(2)19-15(21)6-11/h3-4,7,9-11,16H,5-6,8H2,1-2H3,(H,19,21)(H,20,22). The third kappa shape index (κ3) is 3.74. The summed E-state index contributed by atoms with van der Waals surface area (Å²) in [5.74, 6) is 1.10. The second kappa shape index (κ2) is 6.85. The molecule has 0 saturated carbocycles. The van der Waals surface area contributed by atoms with E-state index in [1.807, 2.05) is 24.8 Å². The molecule has 3 rings (SSSR count). The summed E-state index contributed by atoms with van der Waals surface area (Å²) in [6, 6.07) is 6.31.